The van der Waals surface area contributed by atoms with Crippen molar-refractivity contribution in [2.75, 3.05) is 0 Å². The molecule has 0 saturated carbocycles. The topological polar surface area (TPSA) is 20.2 Å². The minimum atomic E-state index is -1.34. The van der Waals surface area contributed by atoms with Crippen molar-refractivity contribution in [1.82, 2.24) is 0 Å². The van der Waals surface area contributed by atoms with Crippen molar-refractivity contribution in [3.63, 3.8) is 0 Å². The third-order valence-electron chi connectivity index (χ3n) is 3.71. The van der Waals surface area contributed by atoms with Gasteiger partial charge in [0, 0.05) is 0 Å². The summed E-state index contributed by atoms with van der Waals surface area (Å²) in [6.07, 6.45) is -1.34. The number of hydrogen-bond donors (Lipinski definition) is 1. The van der Waals surface area contributed by atoms with Gasteiger partial charge in [0.05, 0.1) is 5.56 Å². The predicted octanol–water partition coefficient (Wildman–Crippen LogP) is 4.51. The summed E-state index contributed by atoms with van der Waals surface area (Å²) in [5.41, 5.74) is 0.508. The zero-order valence-electron chi connectivity index (χ0n) is 11.5. The van der Waals surface area contributed by atoms with Gasteiger partial charge in [0.2, 0.25) is 0 Å². The largest absolute Gasteiger partial charge is 0.383 e. The van der Waals surface area contributed by atoms with Gasteiger partial charge in [-0.05, 0) is 34.9 Å². The van der Waals surface area contributed by atoms with E-state index >= 15 is 0 Å². The lowest BCUT2D eigenvalue weighted by molar-refractivity contribution is 0.210. The van der Waals surface area contributed by atoms with E-state index in [2.05, 4.69) is 0 Å². The minimum Gasteiger partial charge on any atom is -0.383 e. The molecule has 1 unspecified atom stereocenters. The van der Waals surface area contributed by atoms with E-state index in [-0.39, 0.29) is 5.56 Å². The summed E-state index contributed by atoms with van der Waals surface area (Å²) in [5, 5.41) is 12.2. The first-order valence-electron chi connectivity index (χ1n) is 6.70. The lowest BCUT2D eigenvalue weighted by atomic mass is 9.94. The molecule has 0 bridgehead atoms. The second-order valence-electron chi connectivity index (χ2n) is 5.06. The molecule has 0 radical (unpaired) electrons. The molecule has 1 nitrogen and oxygen atoms in total. The van der Waals surface area contributed by atoms with Crippen LogP contribution in [0.4, 0.5) is 8.78 Å². The molecule has 0 spiro atoms. The van der Waals surface area contributed by atoms with E-state index in [9.17, 15) is 13.9 Å². The maximum absolute atomic E-state index is 14.2. The van der Waals surface area contributed by atoms with Gasteiger partial charge in [-0.1, -0.05) is 48.5 Å². The Morgan fingerprint density at radius 2 is 1.62 bits per heavy atom. The molecule has 0 aliphatic heterocycles. The van der Waals surface area contributed by atoms with E-state index in [1.165, 1.54) is 12.1 Å². The van der Waals surface area contributed by atoms with E-state index in [4.69, 9.17) is 0 Å². The van der Waals surface area contributed by atoms with Gasteiger partial charge in [-0.25, -0.2) is 8.78 Å². The first-order valence-corrected chi connectivity index (χ1v) is 6.70. The van der Waals surface area contributed by atoms with Gasteiger partial charge in [0.25, 0.3) is 0 Å². The fourth-order valence-electron chi connectivity index (χ4n) is 2.57. The number of benzene rings is 3. The summed E-state index contributed by atoms with van der Waals surface area (Å²) in [6.45, 7) is 1.55. The quantitative estimate of drug-likeness (QED) is 0.734. The Bertz CT molecular complexity index is 806. The summed E-state index contributed by atoms with van der Waals surface area (Å²) >= 11 is 0. The van der Waals surface area contributed by atoms with Crippen LogP contribution in [0.5, 0.6) is 0 Å². The monoisotopic (exact) mass is 284 g/mol. The number of hydrogen-bond acceptors (Lipinski definition) is 1. The fraction of sp³-hybridized carbons (Fsp3) is 0.111. The van der Waals surface area contributed by atoms with E-state index in [0.29, 0.717) is 11.1 Å². The highest BCUT2D eigenvalue weighted by molar-refractivity contribution is 5.86. The van der Waals surface area contributed by atoms with Crippen LogP contribution < -0.4 is 0 Å². The van der Waals surface area contributed by atoms with E-state index in [0.717, 1.165) is 10.8 Å². The molecule has 1 N–H and O–H groups in total. The van der Waals surface area contributed by atoms with Crippen molar-refractivity contribution in [3.05, 3.63) is 82.9 Å². The molecule has 0 aliphatic carbocycles. The standard InChI is InChI=1S/C18H14F2O/c1-11-9-10-15(19)16(17(11)20)18(21)14-8-4-6-12-5-2-3-7-13(12)14/h2-10,18,21H,1H3. The van der Waals surface area contributed by atoms with Crippen molar-refractivity contribution in [2.45, 2.75) is 13.0 Å². The third kappa shape index (κ3) is 2.30. The lowest BCUT2D eigenvalue weighted by Gasteiger charge is -2.16. The molecule has 3 aromatic rings. The molecule has 0 aromatic heterocycles. The van der Waals surface area contributed by atoms with Gasteiger partial charge >= 0.3 is 0 Å². The molecule has 3 aromatic carbocycles. The molecule has 106 valence electrons. The van der Waals surface area contributed by atoms with E-state index in [1.807, 2.05) is 30.3 Å². The maximum Gasteiger partial charge on any atom is 0.135 e. The number of halogens is 2. The minimum absolute atomic E-state index is 0.300. The lowest BCUT2D eigenvalue weighted by Crippen LogP contribution is -2.07. The first kappa shape index (κ1) is 13.7. The second kappa shape index (κ2) is 5.26. The first-order chi connectivity index (χ1) is 10.1. The van der Waals surface area contributed by atoms with Crippen LogP contribution in [0.1, 0.15) is 22.8 Å². The zero-order valence-corrected chi connectivity index (χ0v) is 11.5. The Hall–Kier alpha value is -2.26. The zero-order chi connectivity index (χ0) is 15.0. The highest BCUT2D eigenvalue weighted by Gasteiger charge is 2.22. The third-order valence-corrected chi connectivity index (χ3v) is 3.71. The summed E-state index contributed by atoms with van der Waals surface area (Å²) in [5.74, 6) is -1.44. The van der Waals surface area contributed by atoms with E-state index in [1.54, 1.807) is 19.1 Å². The number of aryl methyl sites for hydroxylation is 1. The molecule has 3 heteroatoms. The predicted molar refractivity (Wildman–Crippen MR) is 79.1 cm³/mol. The fourth-order valence-corrected chi connectivity index (χ4v) is 2.57. The van der Waals surface area contributed by atoms with Crippen LogP contribution in [0, 0.1) is 18.6 Å². The normalized spacial score (nSPS) is 12.6. The smallest absolute Gasteiger partial charge is 0.135 e. The van der Waals surface area contributed by atoms with Crippen LogP contribution in [-0.4, -0.2) is 5.11 Å². The van der Waals surface area contributed by atoms with E-state index < -0.39 is 17.7 Å². The Morgan fingerprint density at radius 1 is 0.905 bits per heavy atom. The van der Waals surface area contributed by atoms with Crippen molar-refractivity contribution < 1.29 is 13.9 Å². The van der Waals surface area contributed by atoms with Gasteiger partial charge in [-0.15, -0.1) is 0 Å². The number of aliphatic hydroxyl groups excluding tert-OH is 1. The summed E-state index contributed by atoms with van der Waals surface area (Å²) in [4.78, 5) is 0. The van der Waals surface area contributed by atoms with Crippen LogP contribution in [0.15, 0.2) is 54.6 Å². The van der Waals surface area contributed by atoms with Crippen LogP contribution in [-0.2, 0) is 0 Å². The van der Waals surface area contributed by atoms with Gasteiger partial charge in [0.1, 0.15) is 17.7 Å². The second-order valence-corrected chi connectivity index (χ2v) is 5.06. The molecule has 21 heavy (non-hydrogen) atoms. The summed E-state index contributed by atoms with van der Waals surface area (Å²) < 4.78 is 28.2. The SMILES string of the molecule is Cc1ccc(F)c(C(O)c2cccc3ccccc23)c1F. The Balaban J connectivity index is 2.22. The molecule has 0 amide bonds. The number of rotatable bonds is 2. The highest BCUT2D eigenvalue weighted by atomic mass is 19.1. The average Bonchev–Trinajstić information content (AvgIpc) is 2.50. The molecule has 0 heterocycles. The number of fused-ring (bicyclic) bond motifs is 1. The van der Waals surface area contributed by atoms with Gasteiger partial charge in [-0.2, -0.15) is 0 Å². The van der Waals surface area contributed by atoms with Crippen LogP contribution in [0.2, 0.25) is 0 Å². The van der Waals surface area contributed by atoms with Crippen LogP contribution >= 0.6 is 0 Å². The molecular formula is C18H14F2O. The van der Waals surface area contributed by atoms with Gasteiger partial charge in [-0.3, -0.25) is 0 Å². The Kier molecular flexibility index (Phi) is 3.43. The van der Waals surface area contributed by atoms with Crippen molar-refractivity contribution in [1.29, 1.82) is 0 Å². The molecule has 0 aliphatic rings. The van der Waals surface area contributed by atoms with Gasteiger partial charge < -0.3 is 5.11 Å². The molecule has 0 saturated heterocycles. The van der Waals surface area contributed by atoms with Crippen LogP contribution in [0.25, 0.3) is 10.8 Å². The Labute approximate surface area is 121 Å². The molecule has 0 fully saturated rings. The Morgan fingerprint density at radius 3 is 2.43 bits per heavy atom. The molecular weight excluding hydrogens is 270 g/mol. The van der Waals surface area contributed by atoms with Crippen molar-refractivity contribution >= 4 is 10.8 Å². The summed E-state index contributed by atoms with van der Waals surface area (Å²) in [6, 6.07) is 15.4. The van der Waals surface area contributed by atoms with Crippen molar-refractivity contribution in [2.24, 2.45) is 0 Å². The molecule has 1 atom stereocenters. The summed E-state index contributed by atoms with van der Waals surface area (Å²) in [7, 11) is 0. The number of aliphatic hydroxyl groups is 1. The van der Waals surface area contributed by atoms with Crippen LogP contribution in [0.3, 0.4) is 0 Å². The average molecular weight is 284 g/mol. The molecule has 3 rings (SSSR count). The maximum atomic E-state index is 14.2. The highest BCUT2D eigenvalue weighted by Crippen LogP contribution is 2.32. The van der Waals surface area contributed by atoms with Crippen molar-refractivity contribution in [3.8, 4) is 0 Å². The van der Waals surface area contributed by atoms with Gasteiger partial charge in [0.15, 0.2) is 0 Å².